The monoisotopic (exact) mass is 293 g/mol. The predicted molar refractivity (Wildman–Crippen MR) is 84.3 cm³/mol. The first-order valence-electron chi connectivity index (χ1n) is 7.97. The van der Waals surface area contributed by atoms with E-state index in [9.17, 15) is 9.50 Å². The Labute approximate surface area is 127 Å². The Morgan fingerprint density at radius 2 is 1.86 bits per heavy atom. The Hall–Kier alpha value is -0.930. The van der Waals surface area contributed by atoms with Gasteiger partial charge in [-0.05, 0) is 55.2 Å². The van der Waals surface area contributed by atoms with Crippen molar-refractivity contribution in [2.45, 2.75) is 58.5 Å². The molecule has 2 rings (SSSR count). The number of rotatable bonds is 4. The minimum absolute atomic E-state index is 0.301. The fourth-order valence-electron chi connectivity index (χ4n) is 3.82. The van der Waals surface area contributed by atoms with Gasteiger partial charge in [0.2, 0.25) is 0 Å². The van der Waals surface area contributed by atoms with Crippen molar-refractivity contribution in [1.82, 2.24) is 0 Å². The standard InChI is InChI=1S/C18H28FNO/c1-4-18(21,14-6-5-7-15(19)12-14)17(13-20)10-8-16(2,3)9-11-17/h5-7,12,21H,4,8-11,13,20H2,1-3H3. The third-order valence-corrected chi connectivity index (χ3v) is 5.64. The second-order valence-electron chi connectivity index (χ2n) is 7.37. The molecule has 1 aliphatic rings. The number of nitrogens with two attached hydrogens (primary N) is 1. The van der Waals surface area contributed by atoms with Crippen molar-refractivity contribution in [2.75, 3.05) is 6.54 Å². The van der Waals surface area contributed by atoms with Crippen LogP contribution in [-0.2, 0) is 5.60 Å². The molecule has 118 valence electrons. The number of aliphatic hydroxyl groups is 1. The van der Waals surface area contributed by atoms with Crippen LogP contribution in [0.25, 0.3) is 0 Å². The van der Waals surface area contributed by atoms with Crippen LogP contribution in [0.2, 0.25) is 0 Å². The van der Waals surface area contributed by atoms with Gasteiger partial charge in [-0.25, -0.2) is 4.39 Å². The molecule has 21 heavy (non-hydrogen) atoms. The van der Waals surface area contributed by atoms with Crippen molar-refractivity contribution < 1.29 is 9.50 Å². The molecule has 0 saturated heterocycles. The zero-order chi connectivity index (χ0) is 15.7. The van der Waals surface area contributed by atoms with E-state index in [1.807, 2.05) is 13.0 Å². The van der Waals surface area contributed by atoms with Gasteiger partial charge in [0.15, 0.2) is 0 Å². The van der Waals surface area contributed by atoms with Gasteiger partial charge < -0.3 is 10.8 Å². The minimum atomic E-state index is -1.06. The summed E-state index contributed by atoms with van der Waals surface area (Å²) >= 11 is 0. The van der Waals surface area contributed by atoms with E-state index in [4.69, 9.17) is 5.73 Å². The van der Waals surface area contributed by atoms with Crippen molar-refractivity contribution in [3.8, 4) is 0 Å². The summed E-state index contributed by atoms with van der Waals surface area (Å²) in [5.41, 5.74) is 5.66. The van der Waals surface area contributed by atoms with Gasteiger partial charge in [-0.15, -0.1) is 0 Å². The molecule has 0 spiro atoms. The molecule has 1 unspecified atom stereocenters. The molecule has 1 aromatic carbocycles. The average molecular weight is 293 g/mol. The SMILES string of the molecule is CCC(O)(c1cccc(F)c1)C1(CN)CCC(C)(C)CC1. The van der Waals surface area contributed by atoms with Crippen molar-refractivity contribution in [1.29, 1.82) is 0 Å². The highest BCUT2D eigenvalue weighted by Gasteiger charge is 2.51. The van der Waals surface area contributed by atoms with Crippen molar-refractivity contribution >= 4 is 0 Å². The topological polar surface area (TPSA) is 46.2 Å². The fourth-order valence-corrected chi connectivity index (χ4v) is 3.82. The van der Waals surface area contributed by atoms with E-state index in [1.54, 1.807) is 6.07 Å². The Balaban J connectivity index is 2.42. The Bertz CT molecular complexity index is 490. The molecular weight excluding hydrogens is 265 g/mol. The maximum Gasteiger partial charge on any atom is 0.123 e. The first-order valence-corrected chi connectivity index (χ1v) is 7.97. The van der Waals surface area contributed by atoms with Gasteiger partial charge >= 0.3 is 0 Å². The summed E-state index contributed by atoms with van der Waals surface area (Å²) in [7, 11) is 0. The molecule has 0 bridgehead atoms. The zero-order valence-electron chi connectivity index (χ0n) is 13.5. The largest absolute Gasteiger partial charge is 0.385 e. The molecule has 0 aliphatic heterocycles. The van der Waals surface area contributed by atoms with Gasteiger partial charge in [-0.2, -0.15) is 0 Å². The summed E-state index contributed by atoms with van der Waals surface area (Å²) in [6, 6.07) is 6.37. The van der Waals surface area contributed by atoms with Gasteiger partial charge in [0.1, 0.15) is 5.82 Å². The fraction of sp³-hybridized carbons (Fsp3) is 0.667. The van der Waals surface area contributed by atoms with Crippen molar-refractivity contribution in [3.63, 3.8) is 0 Å². The number of hydrogen-bond acceptors (Lipinski definition) is 2. The van der Waals surface area contributed by atoms with E-state index in [0.717, 1.165) is 25.7 Å². The highest BCUT2D eigenvalue weighted by molar-refractivity contribution is 5.27. The van der Waals surface area contributed by atoms with Gasteiger partial charge in [-0.3, -0.25) is 0 Å². The summed E-state index contributed by atoms with van der Waals surface area (Å²) in [6.07, 6.45) is 4.41. The maximum absolute atomic E-state index is 13.6. The first-order chi connectivity index (χ1) is 9.78. The quantitative estimate of drug-likeness (QED) is 0.882. The smallest absolute Gasteiger partial charge is 0.123 e. The van der Waals surface area contributed by atoms with Crippen LogP contribution in [0.5, 0.6) is 0 Å². The molecule has 1 saturated carbocycles. The van der Waals surface area contributed by atoms with Crippen LogP contribution in [0.1, 0.15) is 58.4 Å². The lowest BCUT2D eigenvalue weighted by Gasteiger charge is -2.52. The van der Waals surface area contributed by atoms with Crippen molar-refractivity contribution in [3.05, 3.63) is 35.6 Å². The Morgan fingerprint density at radius 1 is 1.24 bits per heavy atom. The second kappa shape index (κ2) is 5.69. The van der Waals surface area contributed by atoms with E-state index < -0.39 is 5.60 Å². The lowest BCUT2D eigenvalue weighted by molar-refractivity contribution is -0.121. The Morgan fingerprint density at radius 3 is 2.33 bits per heavy atom. The highest BCUT2D eigenvalue weighted by Crippen LogP contribution is 2.54. The van der Waals surface area contributed by atoms with Crippen LogP contribution in [0.4, 0.5) is 4.39 Å². The van der Waals surface area contributed by atoms with E-state index >= 15 is 0 Å². The molecule has 0 aromatic heterocycles. The van der Waals surface area contributed by atoms with Gasteiger partial charge in [0.25, 0.3) is 0 Å². The third kappa shape index (κ3) is 2.86. The van der Waals surface area contributed by atoms with Crippen LogP contribution >= 0.6 is 0 Å². The van der Waals surface area contributed by atoms with Gasteiger partial charge in [0, 0.05) is 12.0 Å². The van der Waals surface area contributed by atoms with Gasteiger partial charge in [-0.1, -0.05) is 32.9 Å². The van der Waals surface area contributed by atoms with Gasteiger partial charge in [0.05, 0.1) is 5.60 Å². The molecular formula is C18H28FNO. The summed E-state index contributed by atoms with van der Waals surface area (Å²) in [4.78, 5) is 0. The molecule has 1 atom stereocenters. The van der Waals surface area contributed by atoms with E-state index in [-0.39, 0.29) is 11.2 Å². The second-order valence-corrected chi connectivity index (χ2v) is 7.37. The summed E-state index contributed by atoms with van der Waals surface area (Å²) < 4.78 is 13.6. The number of benzene rings is 1. The van der Waals surface area contributed by atoms with Crippen molar-refractivity contribution in [2.24, 2.45) is 16.6 Å². The highest BCUT2D eigenvalue weighted by atomic mass is 19.1. The van der Waals surface area contributed by atoms with E-state index in [2.05, 4.69) is 13.8 Å². The molecule has 2 nitrogen and oxygen atoms in total. The number of hydrogen-bond donors (Lipinski definition) is 2. The zero-order valence-corrected chi connectivity index (χ0v) is 13.5. The summed E-state index contributed by atoms with van der Waals surface area (Å²) in [6.45, 7) is 6.92. The lowest BCUT2D eigenvalue weighted by atomic mass is 9.56. The lowest BCUT2D eigenvalue weighted by Crippen LogP contribution is -2.52. The molecule has 0 radical (unpaired) electrons. The third-order valence-electron chi connectivity index (χ3n) is 5.64. The molecule has 3 N–H and O–H groups in total. The molecule has 1 fully saturated rings. The molecule has 1 aromatic rings. The van der Waals surface area contributed by atoms with Crippen LogP contribution < -0.4 is 5.73 Å². The van der Waals surface area contributed by atoms with Crippen LogP contribution in [0.15, 0.2) is 24.3 Å². The van der Waals surface area contributed by atoms with Crippen LogP contribution in [0, 0.1) is 16.6 Å². The van der Waals surface area contributed by atoms with Crippen LogP contribution in [0.3, 0.4) is 0 Å². The maximum atomic E-state index is 13.6. The molecule has 3 heteroatoms. The van der Waals surface area contributed by atoms with Crippen LogP contribution in [-0.4, -0.2) is 11.7 Å². The predicted octanol–water partition coefficient (Wildman–Crippen LogP) is 3.97. The van der Waals surface area contributed by atoms with E-state index in [1.165, 1.54) is 12.1 Å². The molecule has 0 heterocycles. The summed E-state index contributed by atoms with van der Waals surface area (Å²) in [5.74, 6) is -0.303. The van der Waals surface area contributed by atoms with E-state index in [0.29, 0.717) is 23.9 Å². The first kappa shape index (κ1) is 16.4. The molecule has 0 amide bonds. The minimum Gasteiger partial charge on any atom is -0.385 e. The normalized spacial score (nSPS) is 23.5. The average Bonchev–Trinajstić information content (AvgIpc) is 2.47. The summed E-state index contributed by atoms with van der Waals surface area (Å²) in [5, 5.41) is 11.4. The number of halogens is 1. The Kier molecular flexibility index (Phi) is 4.46. The molecule has 1 aliphatic carbocycles.